The van der Waals surface area contributed by atoms with E-state index in [9.17, 15) is 0 Å². The van der Waals surface area contributed by atoms with Crippen molar-refractivity contribution in [1.29, 1.82) is 0 Å². The summed E-state index contributed by atoms with van der Waals surface area (Å²) in [6.45, 7) is 13.8. The van der Waals surface area contributed by atoms with E-state index >= 15 is 0 Å². The largest absolute Gasteiger partial charge is 0.219 e. The summed E-state index contributed by atoms with van der Waals surface area (Å²) in [6.07, 6.45) is 4.32. The molecule has 0 fully saturated rings. The monoisotopic (exact) mass is 368 g/mol. The van der Waals surface area contributed by atoms with E-state index in [1.807, 2.05) is 0 Å². The molecule has 0 saturated carbocycles. The average Bonchev–Trinajstić information content (AvgIpc) is 2.65. The quantitative estimate of drug-likeness (QED) is 0.256. The van der Waals surface area contributed by atoms with Crippen LogP contribution < -0.4 is 4.40 Å². The Morgan fingerprint density at radius 1 is 0.607 bits per heavy atom. The summed E-state index contributed by atoms with van der Waals surface area (Å²) in [5.41, 5.74) is 6.83. The predicted molar refractivity (Wildman–Crippen MR) is 120 cm³/mol. The molecule has 0 spiro atoms. The zero-order valence-corrected chi connectivity index (χ0v) is 17.9. The first-order valence-electron chi connectivity index (χ1n) is 10.1. The van der Waals surface area contributed by atoms with Crippen LogP contribution in [0.3, 0.4) is 0 Å². The topological polar surface area (TPSA) is 4.10 Å². The first-order valence-corrected chi connectivity index (χ1v) is 10.1. The van der Waals surface area contributed by atoms with Crippen LogP contribution in [0.5, 0.6) is 0 Å². The van der Waals surface area contributed by atoms with Crippen LogP contribution in [0.25, 0.3) is 27.4 Å². The third-order valence-electron chi connectivity index (χ3n) is 5.63. The fourth-order valence-corrected chi connectivity index (χ4v) is 3.73. The van der Waals surface area contributed by atoms with Crippen LogP contribution >= 0.6 is 0 Å². The molecule has 0 atom stereocenters. The number of hydrogen-bond acceptors (Lipinski definition) is 0. The Labute approximate surface area is 168 Å². The van der Waals surface area contributed by atoms with Gasteiger partial charge in [-0.05, 0) is 44.5 Å². The summed E-state index contributed by atoms with van der Waals surface area (Å²) >= 11 is 0. The van der Waals surface area contributed by atoms with Crippen molar-refractivity contribution in [2.45, 2.75) is 52.4 Å². The van der Waals surface area contributed by atoms with Gasteiger partial charge in [-0.3, -0.25) is 0 Å². The third-order valence-corrected chi connectivity index (χ3v) is 5.63. The van der Waals surface area contributed by atoms with Crippen molar-refractivity contribution in [2.24, 2.45) is 0 Å². The van der Waals surface area contributed by atoms with Gasteiger partial charge in [0.1, 0.15) is 0 Å². The molecule has 0 aliphatic carbocycles. The zero-order valence-electron chi connectivity index (χ0n) is 17.9. The normalized spacial score (nSPS) is 12.6. The molecular formula is C27H30N+. The molecule has 0 unspecified atom stereocenters. The summed E-state index contributed by atoms with van der Waals surface area (Å²) in [4.78, 5) is 0. The molecule has 4 aromatic rings. The van der Waals surface area contributed by atoms with Crippen LogP contribution in [0.15, 0.2) is 73.1 Å². The Balaban J connectivity index is 1.98. The highest BCUT2D eigenvalue weighted by Gasteiger charge is 2.21. The number of aromatic nitrogens is 1. The standard InChI is InChI=1S/C27H30N/c1-26(2,3)22-15-21(16-23(18-22)27(4,5)6)20-12-14-28-13-11-19-9-7-8-10-24(19)25(28)17-20/h7-18H,1-6H3/q+1. The van der Waals surface area contributed by atoms with Crippen molar-refractivity contribution >= 4 is 16.3 Å². The molecule has 0 aliphatic heterocycles. The van der Waals surface area contributed by atoms with Crippen LogP contribution in [-0.2, 0) is 10.8 Å². The van der Waals surface area contributed by atoms with Crippen LogP contribution in [0, 0.1) is 0 Å². The predicted octanol–water partition coefficient (Wildman–Crippen LogP) is 6.84. The van der Waals surface area contributed by atoms with E-state index < -0.39 is 0 Å². The molecule has 2 aromatic heterocycles. The van der Waals surface area contributed by atoms with Gasteiger partial charge in [0.25, 0.3) is 0 Å². The summed E-state index contributed by atoms with van der Waals surface area (Å²) in [5, 5.41) is 2.56. The van der Waals surface area contributed by atoms with Gasteiger partial charge >= 0.3 is 0 Å². The third kappa shape index (κ3) is 3.42. The van der Waals surface area contributed by atoms with E-state index in [0.29, 0.717) is 0 Å². The van der Waals surface area contributed by atoms with E-state index in [2.05, 4.69) is 119 Å². The molecule has 0 aliphatic rings. The van der Waals surface area contributed by atoms with Crippen LogP contribution in [0.4, 0.5) is 0 Å². The fraction of sp³-hybridized carbons (Fsp3) is 0.296. The van der Waals surface area contributed by atoms with Gasteiger partial charge in [-0.15, -0.1) is 0 Å². The van der Waals surface area contributed by atoms with Crippen molar-refractivity contribution in [3.63, 3.8) is 0 Å². The van der Waals surface area contributed by atoms with Crippen LogP contribution in [0.1, 0.15) is 52.7 Å². The van der Waals surface area contributed by atoms with Gasteiger partial charge in [-0.2, -0.15) is 4.40 Å². The number of fused-ring (bicyclic) bond motifs is 3. The maximum atomic E-state index is 2.38. The number of pyridine rings is 2. The van der Waals surface area contributed by atoms with Gasteiger partial charge in [-0.1, -0.05) is 77.9 Å². The second kappa shape index (κ2) is 6.44. The van der Waals surface area contributed by atoms with Crippen molar-refractivity contribution < 1.29 is 4.40 Å². The Kier molecular flexibility index (Phi) is 4.30. The fourth-order valence-electron chi connectivity index (χ4n) is 3.73. The second-order valence-electron chi connectivity index (χ2n) is 9.91. The van der Waals surface area contributed by atoms with Crippen molar-refractivity contribution in [2.75, 3.05) is 0 Å². The maximum absolute atomic E-state index is 2.38. The number of rotatable bonds is 1. The lowest BCUT2D eigenvalue weighted by Crippen LogP contribution is -2.20. The smallest absolute Gasteiger partial charge is 0.167 e. The van der Waals surface area contributed by atoms with Gasteiger partial charge in [0.15, 0.2) is 12.4 Å². The molecule has 2 heterocycles. The molecule has 4 rings (SSSR count). The van der Waals surface area contributed by atoms with E-state index in [-0.39, 0.29) is 10.8 Å². The highest BCUT2D eigenvalue weighted by atomic mass is 14.8. The van der Waals surface area contributed by atoms with Gasteiger partial charge in [0.05, 0.1) is 5.39 Å². The Morgan fingerprint density at radius 2 is 1.21 bits per heavy atom. The van der Waals surface area contributed by atoms with Crippen molar-refractivity contribution in [3.05, 3.63) is 84.2 Å². The van der Waals surface area contributed by atoms with Gasteiger partial charge < -0.3 is 0 Å². The van der Waals surface area contributed by atoms with E-state index in [4.69, 9.17) is 0 Å². The van der Waals surface area contributed by atoms with Crippen molar-refractivity contribution in [1.82, 2.24) is 0 Å². The molecule has 2 aromatic carbocycles. The first-order chi connectivity index (χ1) is 13.1. The number of nitrogens with zero attached hydrogens (tertiary/aromatic N) is 1. The summed E-state index contributed by atoms with van der Waals surface area (Å²) in [7, 11) is 0. The summed E-state index contributed by atoms with van der Waals surface area (Å²) < 4.78 is 2.21. The molecule has 142 valence electrons. The average molecular weight is 369 g/mol. The summed E-state index contributed by atoms with van der Waals surface area (Å²) in [5.74, 6) is 0. The highest BCUT2D eigenvalue weighted by Crippen LogP contribution is 2.34. The van der Waals surface area contributed by atoms with E-state index in [0.717, 1.165) is 0 Å². The minimum atomic E-state index is 0.119. The van der Waals surface area contributed by atoms with E-state index in [1.165, 1.54) is 38.5 Å². The molecule has 0 saturated heterocycles. The first kappa shape index (κ1) is 18.7. The Bertz CT molecular complexity index is 1140. The number of hydrogen-bond donors (Lipinski definition) is 0. The van der Waals surface area contributed by atoms with Crippen LogP contribution in [-0.4, -0.2) is 0 Å². The molecule has 28 heavy (non-hydrogen) atoms. The van der Waals surface area contributed by atoms with Crippen molar-refractivity contribution in [3.8, 4) is 11.1 Å². The molecule has 0 radical (unpaired) electrons. The SMILES string of the molecule is CC(C)(C)c1cc(-c2cc[n+]3ccc4ccccc4c3c2)cc(C(C)(C)C)c1. The Morgan fingerprint density at radius 3 is 1.86 bits per heavy atom. The highest BCUT2D eigenvalue weighted by molar-refractivity contribution is 5.94. The molecule has 0 amide bonds. The lowest BCUT2D eigenvalue weighted by Gasteiger charge is -2.26. The summed E-state index contributed by atoms with van der Waals surface area (Å²) in [6, 6.07) is 22.5. The van der Waals surface area contributed by atoms with Gasteiger partial charge in [-0.25, -0.2) is 0 Å². The lowest BCUT2D eigenvalue weighted by molar-refractivity contribution is -0.510. The van der Waals surface area contributed by atoms with Gasteiger partial charge in [0, 0.05) is 18.2 Å². The minimum absolute atomic E-state index is 0.119. The Hall–Kier alpha value is -2.67. The van der Waals surface area contributed by atoms with E-state index in [1.54, 1.807) is 0 Å². The minimum Gasteiger partial charge on any atom is -0.167 e. The maximum Gasteiger partial charge on any atom is 0.219 e. The second-order valence-corrected chi connectivity index (χ2v) is 9.91. The van der Waals surface area contributed by atoms with Gasteiger partial charge in [0.2, 0.25) is 5.52 Å². The molecular weight excluding hydrogens is 338 g/mol. The lowest BCUT2D eigenvalue weighted by atomic mass is 9.79. The van der Waals surface area contributed by atoms with Crippen LogP contribution in [0.2, 0.25) is 0 Å². The molecule has 1 heteroatoms. The molecule has 0 N–H and O–H groups in total. The number of benzene rings is 2. The molecule has 1 nitrogen and oxygen atoms in total. The zero-order chi connectivity index (χ0) is 20.1. The molecule has 0 bridgehead atoms.